The molecule has 7 heteroatoms. The van der Waals surface area contributed by atoms with Crippen molar-refractivity contribution in [3.8, 4) is 0 Å². The molecule has 2 amide bonds. The lowest BCUT2D eigenvalue weighted by Gasteiger charge is -2.25. The van der Waals surface area contributed by atoms with Gasteiger partial charge in [0.25, 0.3) is 0 Å². The highest BCUT2D eigenvalue weighted by molar-refractivity contribution is 8.00. The van der Waals surface area contributed by atoms with Crippen molar-refractivity contribution >= 4 is 35.0 Å². The van der Waals surface area contributed by atoms with E-state index in [9.17, 15) is 9.59 Å². The van der Waals surface area contributed by atoms with Crippen molar-refractivity contribution in [1.82, 2.24) is 4.90 Å². The first-order valence-corrected chi connectivity index (χ1v) is 11.8. The summed E-state index contributed by atoms with van der Waals surface area (Å²) < 4.78 is 5.31. The third-order valence-corrected chi connectivity index (χ3v) is 6.51. The topological polar surface area (TPSA) is 70.7 Å². The van der Waals surface area contributed by atoms with Crippen LogP contribution in [0, 0.1) is 0 Å². The molecule has 0 aromatic heterocycles. The summed E-state index contributed by atoms with van der Waals surface area (Å²) in [5, 5.41) is 5.54. The Kier molecular flexibility index (Phi) is 8.14. The van der Waals surface area contributed by atoms with Gasteiger partial charge in [0.1, 0.15) is 5.25 Å². The number of nitrogens with zero attached hydrogens (tertiary/aromatic N) is 1. The van der Waals surface area contributed by atoms with Gasteiger partial charge in [0.05, 0.1) is 19.8 Å². The van der Waals surface area contributed by atoms with Gasteiger partial charge in [-0.15, -0.1) is 11.8 Å². The summed E-state index contributed by atoms with van der Waals surface area (Å²) in [5.41, 5.74) is 2.32. The van der Waals surface area contributed by atoms with Crippen molar-refractivity contribution in [3.05, 3.63) is 90.5 Å². The predicted molar refractivity (Wildman–Crippen MR) is 132 cm³/mol. The lowest BCUT2D eigenvalue weighted by atomic mass is 10.1. The van der Waals surface area contributed by atoms with Gasteiger partial charge >= 0.3 is 0 Å². The highest BCUT2D eigenvalue weighted by Gasteiger charge is 2.22. The van der Waals surface area contributed by atoms with Gasteiger partial charge in [-0.3, -0.25) is 14.5 Å². The molecule has 1 heterocycles. The Hall–Kier alpha value is -3.13. The van der Waals surface area contributed by atoms with E-state index in [1.54, 1.807) is 24.3 Å². The number of anilines is 2. The van der Waals surface area contributed by atoms with Crippen molar-refractivity contribution in [2.45, 2.75) is 10.1 Å². The normalized spacial score (nSPS) is 14.9. The van der Waals surface area contributed by atoms with Crippen molar-refractivity contribution in [3.63, 3.8) is 0 Å². The molecule has 1 atom stereocenters. The summed E-state index contributed by atoms with van der Waals surface area (Å²) in [6, 6.07) is 26.9. The summed E-state index contributed by atoms with van der Waals surface area (Å²) in [6.45, 7) is 3.20. The average molecular weight is 462 g/mol. The molecule has 1 fully saturated rings. The van der Waals surface area contributed by atoms with Crippen LogP contribution in [0.5, 0.6) is 0 Å². The number of carbonyl (C=O) groups is 2. The van der Waals surface area contributed by atoms with Crippen molar-refractivity contribution < 1.29 is 14.3 Å². The molecule has 170 valence electrons. The van der Waals surface area contributed by atoms with Crippen molar-refractivity contribution in [1.29, 1.82) is 0 Å². The second-order valence-electron chi connectivity index (χ2n) is 7.72. The zero-order valence-corrected chi connectivity index (χ0v) is 19.1. The predicted octanol–water partition coefficient (Wildman–Crippen LogP) is 4.43. The SMILES string of the molecule is O=C(CN1CCOCC1)Nc1ccc(NC(=O)[C@@H](Sc2ccccc2)c2ccccc2)cc1. The molecule has 1 aliphatic heterocycles. The molecule has 0 spiro atoms. The summed E-state index contributed by atoms with van der Waals surface area (Å²) in [7, 11) is 0. The number of rotatable bonds is 8. The number of amides is 2. The van der Waals surface area contributed by atoms with Crippen LogP contribution < -0.4 is 10.6 Å². The maximum atomic E-state index is 13.2. The Labute approximate surface area is 198 Å². The van der Waals surface area contributed by atoms with Crippen LogP contribution in [0.1, 0.15) is 10.8 Å². The van der Waals surface area contributed by atoms with Crippen LogP contribution in [0.25, 0.3) is 0 Å². The molecular formula is C26H27N3O3S. The van der Waals surface area contributed by atoms with Crippen LogP contribution >= 0.6 is 11.8 Å². The van der Waals surface area contributed by atoms with Crippen LogP contribution in [0.2, 0.25) is 0 Å². The Bertz CT molecular complexity index is 1040. The molecular weight excluding hydrogens is 434 g/mol. The fraction of sp³-hybridized carbons (Fsp3) is 0.231. The second-order valence-corrected chi connectivity index (χ2v) is 8.90. The Morgan fingerprint density at radius 1 is 0.818 bits per heavy atom. The molecule has 1 aliphatic rings. The Morgan fingerprint density at radius 3 is 2.03 bits per heavy atom. The van der Waals surface area contributed by atoms with Gasteiger partial charge in [0, 0.05) is 29.4 Å². The van der Waals surface area contributed by atoms with Crippen LogP contribution in [0.4, 0.5) is 11.4 Å². The van der Waals surface area contributed by atoms with E-state index < -0.39 is 0 Å². The standard InChI is InChI=1S/C26H27N3O3S/c30-24(19-29-15-17-32-18-16-29)27-21-11-13-22(14-12-21)28-26(31)25(20-7-3-1-4-8-20)33-23-9-5-2-6-10-23/h1-14,25H,15-19H2,(H,27,30)(H,28,31)/t25-/m0/s1. The molecule has 0 bridgehead atoms. The van der Waals surface area contributed by atoms with E-state index in [4.69, 9.17) is 4.74 Å². The number of ether oxygens (including phenoxy) is 1. The molecule has 0 aliphatic carbocycles. The third-order valence-electron chi connectivity index (χ3n) is 5.24. The molecule has 0 saturated carbocycles. The summed E-state index contributed by atoms with van der Waals surface area (Å²) in [6.07, 6.45) is 0. The molecule has 4 rings (SSSR count). The zero-order chi connectivity index (χ0) is 22.9. The Morgan fingerprint density at radius 2 is 1.39 bits per heavy atom. The summed E-state index contributed by atoms with van der Waals surface area (Å²) in [4.78, 5) is 28.6. The molecule has 3 aromatic rings. The van der Waals surface area contributed by atoms with E-state index >= 15 is 0 Å². The lowest BCUT2D eigenvalue weighted by molar-refractivity contribution is -0.118. The second kappa shape index (κ2) is 11.7. The molecule has 3 aromatic carbocycles. The number of hydrogen-bond donors (Lipinski definition) is 2. The van der Waals surface area contributed by atoms with E-state index in [0.717, 1.165) is 23.5 Å². The molecule has 0 radical (unpaired) electrons. The van der Waals surface area contributed by atoms with Gasteiger partial charge < -0.3 is 15.4 Å². The summed E-state index contributed by atoms with van der Waals surface area (Å²) in [5.74, 6) is -0.156. The average Bonchev–Trinajstić information content (AvgIpc) is 2.85. The van der Waals surface area contributed by atoms with Crippen molar-refractivity contribution in [2.24, 2.45) is 0 Å². The number of thioether (sulfide) groups is 1. The van der Waals surface area contributed by atoms with Gasteiger partial charge in [-0.2, -0.15) is 0 Å². The van der Waals surface area contributed by atoms with Gasteiger partial charge in [-0.25, -0.2) is 0 Å². The van der Waals surface area contributed by atoms with Crippen LogP contribution in [-0.4, -0.2) is 49.6 Å². The van der Waals surface area contributed by atoms with Crippen molar-refractivity contribution in [2.75, 3.05) is 43.5 Å². The van der Waals surface area contributed by atoms with E-state index in [2.05, 4.69) is 15.5 Å². The number of carbonyl (C=O) groups excluding carboxylic acids is 2. The zero-order valence-electron chi connectivity index (χ0n) is 18.3. The number of nitrogens with one attached hydrogen (secondary N) is 2. The van der Waals surface area contributed by atoms with E-state index in [-0.39, 0.29) is 17.1 Å². The molecule has 1 saturated heterocycles. The molecule has 2 N–H and O–H groups in total. The van der Waals surface area contributed by atoms with E-state index in [1.165, 1.54) is 11.8 Å². The highest BCUT2D eigenvalue weighted by Crippen LogP contribution is 2.36. The minimum Gasteiger partial charge on any atom is -0.379 e. The lowest BCUT2D eigenvalue weighted by Crippen LogP contribution is -2.41. The first-order valence-electron chi connectivity index (χ1n) is 10.9. The molecule has 33 heavy (non-hydrogen) atoms. The van der Waals surface area contributed by atoms with Crippen LogP contribution in [0.15, 0.2) is 89.8 Å². The van der Waals surface area contributed by atoms with E-state index in [0.29, 0.717) is 31.1 Å². The van der Waals surface area contributed by atoms with Gasteiger partial charge in [0.15, 0.2) is 0 Å². The van der Waals surface area contributed by atoms with Gasteiger partial charge in [-0.1, -0.05) is 48.5 Å². The minimum atomic E-state index is -0.387. The molecule has 6 nitrogen and oxygen atoms in total. The fourth-order valence-electron chi connectivity index (χ4n) is 3.54. The Balaban J connectivity index is 1.38. The van der Waals surface area contributed by atoms with Gasteiger partial charge in [-0.05, 0) is 42.0 Å². The fourth-order valence-corrected chi connectivity index (χ4v) is 4.59. The highest BCUT2D eigenvalue weighted by atomic mass is 32.2. The monoisotopic (exact) mass is 461 g/mol. The molecule has 0 unspecified atom stereocenters. The summed E-state index contributed by atoms with van der Waals surface area (Å²) >= 11 is 1.51. The van der Waals surface area contributed by atoms with E-state index in [1.807, 2.05) is 60.7 Å². The first kappa shape index (κ1) is 23.0. The smallest absolute Gasteiger partial charge is 0.242 e. The third kappa shape index (κ3) is 6.92. The first-order chi connectivity index (χ1) is 16.2. The number of benzene rings is 3. The maximum Gasteiger partial charge on any atom is 0.242 e. The largest absolute Gasteiger partial charge is 0.379 e. The van der Waals surface area contributed by atoms with Crippen LogP contribution in [0.3, 0.4) is 0 Å². The number of morpholine rings is 1. The maximum absolute atomic E-state index is 13.2. The minimum absolute atomic E-state index is 0.0583. The van der Waals surface area contributed by atoms with Gasteiger partial charge in [0.2, 0.25) is 11.8 Å². The quantitative estimate of drug-likeness (QED) is 0.486. The van der Waals surface area contributed by atoms with Crippen LogP contribution in [-0.2, 0) is 14.3 Å². The number of hydrogen-bond acceptors (Lipinski definition) is 5.